The smallest absolute Gasteiger partial charge is 0.255 e. The van der Waals surface area contributed by atoms with Crippen molar-refractivity contribution < 1.29 is 13.6 Å². The molecule has 0 radical (unpaired) electrons. The first kappa shape index (κ1) is 12.6. The van der Waals surface area contributed by atoms with Crippen LogP contribution in [0, 0.1) is 0 Å². The van der Waals surface area contributed by atoms with E-state index in [0.717, 1.165) is 4.90 Å². The van der Waals surface area contributed by atoms with Gasteiger partial charge in [0, 0.05) is 18.8 Å². The highest BCUT2D eigenvalue weighted by Crippen LogP contribution is 2.03. The molecule has 5 heteroatoms. The Morgan fingerprint density at radius 2 is 2.15 bits per heavy atom. The maximum atomic E-state index is 12.0. The van der Waals surface area contributed by atoms with E-state index in [2.05, 4.69) is 0 Å². The number of carbonyl (C=O) groups is 1. The normalized spacial score (nSPS) is 10.5. The van der Waals surface area contributed by atoms with E-state index in [9.17, 15) is 13.6 Å². The van der Waals surface area contributed by atoms with E-state index in [4.69, 9.17) is 11.6 Å². The summed E-state index contributed by atoms with van der Waals surface area (Å²) in [6.07, 6.45) is -1.51. The van der Waals surface area contributed by atoms with E-state index in [1.54, 1.807) is 0 Å². The van der Waals surface area contributed by atoms with Crippen molar-refractivity contribution in [3.8, 4) is 0 Å². The maximum Gasteiger partial charge on any atom is 0.255 e. The van der Waals surface area contributed by atoms with Crippen LogP contribution in [-0.2, 0) is 4.79 Å². The van der Waals surface area contributed by atoms with Crippen LogP contribution in [0.1, 0.15) is 19.8 Å². The third kappa shape index (κ3) is 5.80. The first-order valence-corrected chi connectivity index (χ1v) is 4.77. The summed E-state index contributed by atoms with van der Waals surface area (Å²) in [7, 11) is 0. The van der Waals surface area contributed by atoms with E-state index in [-0.39, 0.29) is 18.3 Å². The van der Waals surface area contributed by atoms with Crippen molar-refractivity contribution >= 4 is 17.5 Å². The van der Waals surface area contributed by atoms with Gasteiger partial charge in [0.05, 0.1) is 6.54 Å². The first-order valence-electron chi connectivity index (χ1n) is 4.23. The van der Waals surface area contributed by atoms with Crippen LogP contribution < -0.4 is 0 Å². The van der Waals surface area contributed by atoms with Crippen LogP contribution in [0.3, 0.4) is 0 Å². The van der Waals surface area contributed by atoms with Gasteiger partial charge in [-0.05, 0) is 6.42 Å². The number of alkyl halides is 3. The summed E-state index contributed by atoms with van der Waals surface area (Å²) in [6.45, 7) is 1.52. The fraction of sp³-hybridized carbons (Fsp3) is 0.875. The molecule has 0 bridgehead atoms. The molecule has 0 spiro atoms. The van der Waals surface area contributed by atoms with Gasteiger partial charge in [-0.1, -0.05) is 6.92 Å². The molecule has 0 heterocycles. The molecule has 0 N–H and O–H groups in total. The molecule has 0 aromatic rings. The lowest BCUT2D eigenvalue weighted by molar-refractivity contribution is -0.132. The second-order valence-corrected chi connectivity index (χ2v) is 3.05. The monoisotopic (exact) mass is 213 g/mol. The second kappa shape index (κ2) is 7.06. The van der Waals surface area contributed by atoms with Crippen molar-refractivity contribution in [3.63, 3.8) is 0 Å². The highest BCUT2D eigenvalue weighted by Gasteiger charge is 2.16. The topological polar surface area (TPSA) is 20.3 Å². The highest BCUT2D eigenvalue weighted by atomic mass is 35.5. The van der Waals surface area contributed by atoms with E-state index in [1.807, 2.05) is 6.92 Å². The number of hydrogen-bond donors (Lipinski definition) is 0. The molecule has 0 aromatic heterocycles. The fourth-order valence-electron chi connectivity index (χ4n) is 0.958. The Bertz CT molecular complexity index is 155. The minimum atomic E-state index is -2.48. The average Bonchev–Trinajstić information content (AvgIpc) is 2.03. The highest BCUT2D eigenvalue weighted by molar-refractivity contribution is 6.18. The lowest BCUT2D eigenvalue weighted by Crippen LogP contribution is -2.36. The van der Waals surface area contributed by atoms with Crippen LogP contribution in [0.5, 0.6) is 0 Å². The summed E-state index contributed by atoms with van der Waals surface area (Å²) in [5.74, 6) is -0.0502. The summed E-state index contributed by atoms with van der Waals surface area (Å²) in [6, 6.07) is 0. The van der Waals surface area contributed by atoms with Crippen LogP contribution in [0.4, 0.5) is 8.78 Å². The molecule has 0 unspecified atom stereocenters. The minimum Gasteiger partial charge on any atom is -0.336 e. The first-order chi connectivity index (χ1) is 6.11. The van der Waals surface area contributed by atoms with Gasteiger partial charge in [-0.2, -0.15) is 0 Å². The van der Waals surface area contributed by atoms with Crippen molar-refractivity contribution in [1.29, 1.82) is 0 Å². The fourth-order valence-corrected chi connectivity index (χ4v) is 1.16. The molecule has 0 aliphatic rings. The van der Waals surface area contributed by atoms with E-state index < -0.39 is 13.0 Å². The van der Waals surface area contributed by atoms with Gasteiger partial charge in [-0.25, -0.2) is 8.78 Å². The molecule has 0 atom stereocenters. The summed E-state index contributed by atoms with van der Waals surface area (Å²) in [5.41, 5.74) is 0. The summed E-state index contributed by atoms with van der Waals surface area (Å²) in [5, 5.41) is 0. The zero-order valence-electron chi connectivity index (χ0n) is 7.60. The zero-order valence-corrected chi connectivity index (χ0v) is 8.36. The van der Waals surface area contributed by atoms with Crippen LogP contribution in [0.2, 0.25) is 0 Å². The number of nitrogens with zero attached hydrogens (tertiary/aromatic N) is 1. The van der Waals surface area contributed by atoms with Gasteiger partial charge in [0.1, 0.15) is 0 Å². The number of carbonyl (C=O) groups excluding carboxylic acids is 1. The van der Waals surface area contributed by atoms with E-state index in [1.165, 1.54) is 0 Å². The van der Waals surface area contributed by atoms with E-state index >= 15 is 0 Å². The summed E-state index contributed by atoms with van der Waals surface area (Å²) < 4.78 is 23.9. The van der Waals surface area contributed by atoms with Crippen molar-refractivity contribution in [3.05, 3.63) is 0 Å². The third-order valence-electron chi connectivity index (χ3n) is 1.53. The molecular weight excluding hydrogens is 200 g/mol. The summed E-state index contributed by atoms with van der Waals surface area (Å²) in [4.78, 5) is 12.3. The number of rotatable bonds is 6. The van der Waals surface area contributed by atoms with Gasteiger partial charge in [-0.15, -0.1) is 11.6 Å². The minimum absolute atomic E-state index is 0.197. The third-order valence-corrected chi connectivity index (χ3v) is 1.70. The van der Waals surface area contributed by atoms with Crippen molar-refractivity contribution in [1.82, 2.24) is 4.90 Å². The van der Waals surface area contributed by atoms with Crippen LogP contribution in [0.25, 0.3) is 0 Å². The lowest BCUT2D eigenvalue weighted by atomic mass is 10.3. The Kier molecular flexibility index (Phi) is 6.86. The van der Waals surface area contributed by atoms with Gasteiger partial charge in [0.15, 0.2) is 0 Å². The molecule has 0 aliphatic carbocycles. The van der Waals surface area contributed by atoms with Gasteiger partial charge >= 0.3 is 0 Å². The summed E-state index contributed by atoms with van der Waals surface area (Å²) >= 11 is 5.39. The number of amides is 1. The standard InChI is InChI=1S/C8H14ClF2NO/c1-2-3-8(13)12(5-4-9)6-7(10)11/h7H,2-6H2,1H3. The molecular formula is C8H14ClF2NO. The van der Waals surface area contributed by atoms with E-state index in [0.29, 0.717) is 12.8 Å². The Balaban J connectivity index is 3.98. The SMILES string of the molecule is CCCC(=O)N(CCCl)CC(F)F. The molecule has 1 amide bonds. The molecule has 0 aliphatic heterocycles. The molecule has 0 aromatic carbocycles. The average molecular weight is 214 g/mol. The Labute approximate surface area is 81.8 Å². The molecule has 13 heavy (non-hydrogen) atoms. The molecule has 0 fully saturated rings. The van der Waals surface area contributed by atoms with Gasteiger partial charge < -0.3 is 4.90 Å². The van der Waals surface area contributed by atoms with Crippen molar-refractivity contribution in [2.24, 2.45) is 0 Å². The maximum absolute atomic E-state index is 12.0. The van der Waals surface area contributed by atoms with Crippen LogP contribution in [0.15, 0.2) is 0 Å². The van der Waals surface area contributed by atoms with Crippen LogP contribution >= 0.6 is 11.6 Å². The quantitative estimate of drug-likeness (QED) is 0.619. The van der Waals surface area contributed by atoms with Crippen LogP contribution in [-0.4, -0.2) is 36.2 Å². The predicted molar refractivity (Wildman–Crippen MR) is 48.2 cm³/mol. The van der Waals surface area contributed by atoms with Gasteiger partial charge in [0.2, 0.25) is 5.91 Å². The molecule has 0 rings (SSSR count). The Morgan fingerprint density at radius 1 is 1.54 bits per heavy atom. The number of halogens is 3. The molecule has 0 saturated heterocycles. The van der Waals surface area contributed by atoms with Crippen molar-refractivity contribution in [2.45, 2.75) is 26.2 Å². The van der Waals surface area contributed by atoms with Gasteiger partial charge in [-0.3, -0.25) is 4.79 Å². The van der Waals surface area contributed by atoms with Gasteiger partial charge in [0.25, 0.3) is 6.43 Å². The zero-order chi connectivity index (χ0) is 10.3. The molecule has 78 valence electrons. The number of hydrogen-bond acceptors (Lipinski definition) is 1. The largest absolute Gasteiger partial charge is 0.336 e. The lowest BCUT2D eigenvalue weighted by Gasteiger charge is -2.20. The predicted octanol–water partition coefficient (Wildman–Crippen LogP) is 2.12. The Morgan fingerprint density at radius 3 is 2.54 bits per heavy atom. The molecule has 0 saturated carbocycles. The van der Waals surface area contributed by atoms with Crippen molar-refractivity contribution in [2.75, 3.05) is 19.0 Å². The molecule has 2 nitrogen and oxygen atoms in total. The Hall–Kier alpha value is -0.380. The second-order valence-electron chi connectivity index (χ2n) is 2.67.